The number of ether oxygens (including phenoxy) is 1. The lowest BCUT2D eigenvalue weighted by Crippen LogP contribution is -2.42. The number of piperidine rings is 1. The standard InChI is InChI=1S/C21H24N4O3S/c1-14-13-29-21(22-14)23-20(27)15-5-8-24(9-6-15)19(26)12-25-10-7-16-11-17(28-2)3-4-18(16)25/h3-4,7,10-11,13,15H,5-6,8-9,12H2,1-2H3,(H,22,23,27). The summed E-state index contributed by atoms with van der Waals surface area (Å²) in [6, 6.07) is 7.82. The van der Waals surface area contributed by atoms with E-state index in [2.05, 4.69) is 10.3 Å². The number of rotatable bonds is 5. The molecule has 1 aliphatic heterocycles. The second kappa shape index (κ2) is 8.24. The maximum Gasteiger partial charge on any atom is 0.242 e. The highest BCUT2D eigenvalue weighted by Gasteiger charge is 2.28. The third-order valence-electron chi connectivity index (χ3n) is 5.35. The topological polar surface area (TPSA) is 76.5 Å². The molecule has 0 bridgehead atoms. The minimum atomic E-state index is -0.0804. The van der Waals surface area contributed by atoms with Crippen molar-refractivity contribution in [3.63, 3.8) is 0 Å². The average Bonchev–Trinajstić information content (AvgIpc) is 3.33. The highest BCUT2D eigenvalue weighted by atomic mass is 32.1. The van der Waals surface area contributed by atoms with E-state index in [0.29, 0.717) is 37.6 Å². The molecular formula is C21H24N4O3S. The van der Waals surface area contributed by atoms with Gasteiger partial charge >= 0.3 is 0 Å². The Morgan fingerprint density at radius 2 is 2.07 bits per heavy atom. The Kier molecular flexibility index (Phi) is 5.53. The fraction of sp³-hybridized carbons (Fsp3) is 0.381. The lowest BCUT2D eigenvalue weighted by atomic mass is 9.96. The van der Waals surface area contributed by atoms with Crippen LogP contribution in [0.4, 0.5) is 5.13 Å². The van der Waals surface area contributed by atoms with Crippen molar-refractivity contribution in [1.29, 1.82) is 0 Å². The van der Waals surface area contributed by atoms with Crippen molar-refractivity contribution in [2.24, 2.45) is 5.92 Å². The van der Waals surface area contributed by atoms with E-state index in [1.807, 2.05) is 52.2 Å². The van der Waals surface area contributed by atoms with E-state index in [0.717, 1.165) is 22.3 Å². The number of benzene rings is 1. The summed E-state index contributed by atoms with van der Waals surface area (Å²) in [5, 5.41) is 6.49. The molecule has 7 nitrogen and oxygen atoms in total. The largest absolute Gasteiger partial charge is 0.497 e. The molecule has 1 aromatic carbocycles. The molecule has 1 aliphatic rings. The number of hydrogen-bond acceptors (Lipinski definition) is 5. The number of nitrogens with zero attached hydrogens (tertiary/aromatic N) is 3. The maximum atomic E-state index is 12.8. The smallest absolute Gasteiger partial charge is 0.242 e. The van der Waals surface area contributed by atoms with Crippen LogP contribution in [0.5, 0.6) is 5.75 Å². The second-order valence-corrected chi connectivity index (χ2v) is 8.16. The molecule has 4 rings (SSSR count). The van der Waals surface area contributed by atoms with Gasteiger partial charge in [-0.15, -0.1) is 11.3 Å². The molecule has 0 atom stereocenters. The highest BCUT2D eigenvalue weighted by Crippen LogP contribution is 2.24. The molecule has 3 aromatic rings. The molecule has 0 aliphatic carbocycles. The van der Waals surface area contributed by atoms with E-state index < -0.39 is 0 Å². The Labute approximate surface area is 173 Å². The number of fused-ring (bicyclic) bond motifs is 1. The van der Waals surface area contributed by atoms with Crippen LogP contribution in [0, 0.1) is 12.8 Å². The summed E-state index contributed by atoms with van der Waals surface area (Å²) < 4.78 is 7.21. The Hall–Kier alpha value is -2.87. The number of carbonyl (C=O) groups is 2. The van der Waals surface area contributed by atoms with E-state index in [9.17, 15) is 9.59 Å². The van der Waals surface area contributed by atoms with E-state index in [-0.39, 0.29) is 17.7 Å². The van der Waals surface area contributed by atoms with E-state index in [4.69, 9.17) is 4.74 Å². The van der Waals surface area contributed by atoms with Crippen molar-refractivity contribution < 1.29 is 14.3 Å². The molecule has 1 fully saturated rings. The summed E-state index contributed by atoms with van der Waals surface area (Å²) in [6.45, 7) is 3.40. The second-order valence-electron chi connectivity index (χ2n) is 7.31. The van der Waals surface area contributed by atoms with Gasteiger partial charge < -0.3 is 19.5 Å². The minimum absolute atomic E-state index is 0.00296. The van der Waals surface area contributed by atoms with Crippen LogP contribution in [0.3, 0.4) is 0 Å². The predicted octanol–water partition coefficient (Wildman–Crippen LogP) is 3.29. The number of carbonyl (C=O) groups excluding carboxylic acids is 2. The van der Waals surface area contributed by atoms with Crippen LogP contribution >= 0.6 is 11.3 Å². The van der Waals surface area contributed by atoms with E-state index in [1.54, 1.807) is 7.11 Å². The summed E-state index contributed by atoms with van der Waals surface area (Å²) in [5.41, 5.74) is 1.91. The van der Waals surface area contributed by atoms with Crippen molar-refractivity contribution >= 4 is 39.2 Å². The first-order chi connectivity index (χ1) is 14.0. The van der Waals surface area contributed by atoms with Crippen LogP contribution in [0.15, 0.2) is 35.8 Å². The number of nitrogens with one attached hydrogen (secondary N) is 1. The zero-order chi connectivity index (χ0) is 20.4. The van der Waals surface area contributed by atoms with Gasteiger partial charge in [-0.05, 0) is 44.0 Å². The van der Waals surface area contributed by atoms with Crippen LogP contribution in [0.1, 0.15) is 18.5 Å². The molecule has 2 aromatic heterocycles. The first-order valence-electron chi connectivity index (χ1n) is 9.67. The first-order valence-corrected chi connectivity index (χ1v) is 10.5. The van der Waals surface area contributed by atoms with Crippen molar-refractivity contribution in [2.45, 2.75) is 26.3 Å². The normalized spacial score (nSPS) is 14.9. The molecule has 1 saturated heterocycles. The zero-order valence-electron chi connectivity index (χ0n) is 16.6. The van der Waals surface area contributed by atoms with Crippen molar-refractivity contribution in [3.05, 3.63) is 41.5 Å². The molecule has 8 heteroatoms. The number of aromatic nitrogens is 2. The van der Waals surface area contributed by atoms with Gasteiger partial charge in [-0.1, -0.05) is 0 Å². The first kappa shape index (κ1) is 19.4. The summed E-state index contributed by atoms with van der Waals surface area (Å²) in [5.74, 6) is 0.794. The number of likely N-dealkylation sites (tertiary alicyclic amines) is 1. The van der Waals surface area contributed by atoms with Gasteiger partial charge in [0.25, 0.3) is 0 Å². The summed E-state index contributed by atoms with van der Waals surface area (Å²) in [7, 11) is 1.64. The molecule has 0 saturated carbocycles. The van der Waals surface area contributed by atoms with Gasteiger partial charge in [0, 0.05) is 41.5 Å². The summed E-state index contributed by atoms with van der Waals surface area (Å²) in [6.07, 6.45) is 3.27. The number of thiazole rings is 1. The Balaban J connectivity index is 1.32. The number of aryl methyl sites for hydroxylation is 1. The Morgan fingerprint density at radius 3 is 2.76 bits per heavy atom. The molecule has 1 N–H and O–H groups in total. The molecule has 0 radical (unpaired) electrons. The molecule has 2 amide bonds. The molecular weight excluding hydrogens is 388 g/mol. The van der Waals surface area contributed by atoms with Gasteiger partial charge in [0.2, 0.25) is 11.8 Å². The number of anilines is 1. The van der Waals surface area contributed by atoms with Crippen LogP contribution in [-0.2, 0) is 16.1 Å². The fourth-order valence-corrected chi connectivity index (χ4v) is 4.39. The maximum absolute atomic E-state index is 12.8. The number of methoxy groups -OCH3 is 1. The summed E-state index contributed by atoms with van der Waals surface area (Å²) >= 11 is 1.43. The van der Waals surface area contributed by atoms with Gasteiger partial charge in [-0.2, -0.15) is 0 Å². The molecule has 0 spiro atoms. The van der Waals surface area contributed by atoms with Gasteiger partial charge in [-0.3, -0.25) is 9.59 Å². The van der Waals surface area contributed by atoms with Crippen molar-refractivity contribution in [1.82, 2.24) is 14.5 Å². The Bertz CT molecular complexity index is 1030. The SMILES string of the molecule is COc1ccc2c(ccn2CC(=O)N2CCC(C(=O)Nc3nc(C)cs3)CC2)c1. The van der Waals surface area contributed by atoms with Crippen molar-refractivity contribution in [3.8, 4) is 5.75 Å². The van der Waals surface area contributed by atoms with E-state index >= 15 is 0 Å². The average molecular weight is 413 g/mol. The Morgan fingerprint density at radius 1 is 1.28 bits per heavy atom. The third-order valence-corrected chi connectivity index (χ3v) is 6.23. The van der Waals surface area contributed by atoms with Crippen molar-refractivity contribution in [2.75, 3.05) is 25.5 Å². The monoisotopic (exact) mass is 412 g/mol. The fourth-order valence-electron chi connectivity index (χ4n) is 3.70. The van der Waals surface area contributed by atoms with Gasteiger partial charge in [0.1, 0.15) is 12.3 Å². The summed E-state index contributed by atoms with van der Waals surface area (Å²) in [4.78, 5) is 31.4. The van der Waals surface area contributed by atoms with Crippen LogP contribution in [0.25, 0.3) is 10.9 Å². The number of amides is 2. The van der Waals surface area contributed by atoms with Gasteiger partial charge in [0.15, 0.2) is 5.13 Å². The van der Waals surface area contributed by atoms with Crippen LogP contribution < -0.4 is 10.1 Å². The van der Waals surface area contributed by atoms with Gasteiger partial charge in [0.05, 0.1) is 12.8 Å². The quantitative estimate of drug-likeness (QED) is 0.698. The van der Waals surface area contributed by atoms with Gasteiger partial charge in [-0.25, -0.2) is 4.98 Å². The lowest BCUT2D eigenvalue weighted by molar-refractivity contribution is -0.135. The van der Waals surface area contributed by atoms with Crippen LogP contribution in [0.2, 0.25) is 0 Å². The zero-order valence-corrected chi connectivity index (χ0v) is 17.4. The van der Waals surface area contributed by atoms with E-state index in [1.165, 1.54) is 11.3 Å². The predicted molar refractivity (Wildman–Crippen MR) is 113 cm³/mol. The number of hydrogen-bond donors (Lipinski definition) is 1. The highest BCUT2D eigenvalue weighted by molar-refractivity contribution is 7.13. The molecule has 3 heterocycles. The van der Waals surface area contributed by atoms with Crippen LogP contribution in [-0.4, -0.2) is 46.5 Å². The third kappa shape index (κ3) is 4.27. The lowest BCUT2D eigenvalue weighted by Gasteiger charge is -2.31. The molecule has 29 heavy (non-hydrogen) atoms. The minimum Gasteiger partial charge on any atom is -0.497 e. The molecule has 0 unspecified atom stereocenters. The molecule has 152 valence electrons.